The monoisotopic (exact) mass is 292 g/mol. The van der Waals surface area contributed by atoms with Gasteiger partial charge in [-0.05, 0) is 31.0 Å². The van der Waals surface area contributed by atoms with Crippen LogP contribution in [0.5, 0.6) is 5.75 Å². The number of esters is 1. The second-order valence-electron chi connectivity index (χ2n) is 5.06. The lowest BCUT2D eigenvalue weighted by Gasteiger charge is -2.33. The van der Waals surface area contributed by atoms with Crippen molar-refractivity contribution in [2.45, 2.75) is 19.8 Å². The second kappa shape index (κ2) is 6.72. The predicted molar refractivity (Wildman–Crippen MR) is 76.2 cm³/mol. The first kappa shape index (κ1) is 15.5. The number of rotatable bonds is 5. The normalized spacial score (nSPS) is 21.9. The molecule has 5 heteroatoms. The first-order chi connectivity index (χ1) is 10.1. The summed E-state index contributed by atoms with van der Waals surface area (Å²) in [5.74, 6) is 0.0724. The number of Topliss-reactive ketones (excluding diaryl/α,β-unsaturated/α-hetero) is 1. The second-order valence-corrected chi connectivity index (χ2v) is 5.06. The van der Waals surface area contributed by atoms with Crippen LogP contribution in [0.25, 0.3) is 0 Å². The van der Waals surface area contributed by atoms with Crippen LogP contribution in [0.15, 0.2) is 24.3 Å². The molecule has 0 amide bonds. The zero-order chi connectivity index (χ0) is 15.3. The maximum Gasteiger partial charge on any atom is 0.322 e. The van der Waals surface area contributed by atoms with E-state index in [1.807, 2.05) is 24.3 Å². The Hall–Kier alpha value is -1.88. The van der Waals surface area contributed by atoms with Gasteiger partial charge < -0.3 is 14.2 Å². The van der Waals surface area contributed by atoms with Crippen molar-refractivity contribution in [2.75, 3.05) is 26.9 Å². The van der Waals surface area contributed by atoms with Crippen LogP contribution in [-0.4, -0.2) is 38.7 Å². The maximum absolute atomic E-state index is 12.4. The number of ether oxygens (including phenoxy) is 3. The molecular weight excluding hydrogens is 272 g/mol. The quantitative estimate of drug-likeness (QED) is 0.611. The van der Waals surface area contributed by atoms with Crippen LogP contribution in [0.4, 0.5) is 0 Å². The third-order valence-electron chi connectivity index (χ3n) is 3.66. The van der Waals surface area contributed by atoms with E-state index >= 15 is 0 Å². The number of carbonyl (C=O) groups is 2. The third-order valence-corrected chi connectivity index (χ3v) is 3.66. The zero-order valence-corrected chi connectivity index (χ0v) is 12.4. The van der Waals surface area contributed by atoms with E-state index in [-0.39, 0.29) is 31.8 Å². The number of hydrogen-bond acceptors (Lipinski definition) is 5. The summed E-state index contributed by atoms with van der Waals surface area (Å²) in [5.41, 5.74) is -0.387. The third kappa shape index (κ3) is 3.24. The van der Waals surface area contributed by atoms with Crippen LogP contribution in [0, 0.1) is 5.41 Å². The molecule has 0 aliphatic carbocycles. The summed E-state index contributed by atoms with van der Waals surface area (Å²) in [6, 6.07) is 7.34. The molecule has 1 aromatic rings. The number of methoxy groups -OCH3 is 1. The minimum atomic E-state index is -1.24. The average Bonchev–Trinajstić information content (AvgIpc) is 2.50. The van der Waals surface area contributed by atoms with Gasteiger partial charge in [0.05, 0.1) is 26.9 Å². The number of benzene rings is 1. The molecule has 21 heavy (non-hydrogen) atoms. The highest BCUT2D eigenvalue weighted by atomic mass is 16.5. The lowest BCUT2D eigenvalue weighted by molar-refractivity contribution is -0.169. The predicted octanol–water partition coefficient (Wildman–Crippen LogP) is 1.78. The van der Waals surface area contributed by atoms with Gasteiger partial charge in [-0.25, -0.2) is 0 Å². The van der Waals surface area contributed by atoms with E-state index in [1.54, 1.807) is 14.0 Å². The van der Waals surface area contributed by atoms with Crippen molar-refractivity contribution >= 4 is 11.8 Å². The van der Waals surface area contributed by atoms with Gasteiger partial charge in [0.1, 0.15) is 5.75 Å². The zero-order valence-electron chi connectivity index (χ0n) is 12.4. The fourth-order valence-electron chi connectivity index (χ4n) is 2.53. The molecule has 0 N–H and O–H groups in total. The van der Waals surface area contributed by atoms with Crippen molar-refractivity contribution in [3.63, 3.8) is 0 Å². The molecule has 0 aromatic heterocycles. The van der Waals surface area contributed by atoms with Crippen LogP contribution in [0.1, 0.15) is 18.9 Å². The molecule has 5 nitrogen and oxygen atoms in total. The fraction of sp³-hybridized carbons (Fsp3) is 0.500. The van der Waals surface area contributed by atoms with Gasteiger partial charge in [0.2, 0.25) is 0 Å². The van der Waals surface area contributed by atoms with E-state index in [0.29, 0.717) is 12.4 Å². The Morgan fingerprint density at radius 3 is 2.90 bits per heavy atom. The topological polar surface area (TPSA) is 61.8 Å². The van der Waals surface area contributed by atoms with Crippen LogP contribution < -0.4 is 4.74 Å². The molecule has 0 spiro atoms. The van der Waals surface area contributed by atoms with E-state index in [1.165, 1.54) is 0 Å². The largest absolute Gasteiger partial charge is 0.497 e. The number of carbonyl (C=O) groups excluding carboxylic acids is 2. The Labute approximate surface area is 124 Å². The maximum atomic E-state index is 12.4. The summed E-state index contributed by atoms with van der Waals surface area (Å²) in [7, 11) is 1.58. The van der Waals surface area contributed by atoms with Gasteiger partial charge in [0.15, 0.2) is 11.2 Å². The van der Waals surface area contributed by atoms with Crippen molar-refractivity contribution in [1.82, 2.24) is 0 Å². The Morgan fingerprint density at radius 2 is 2.24 bits per heavy atom. The smallest absolute Gasteiger partial charge is 0.322 e. The van der Waals surface area contributed by atoms with Crippen LogP contribution >= 0.6 is 0 Å². The summed E-state index contributed by atoms with van der Waals surface area (Å²) < 4.78 is 15.7. The van der Waals surface area contributed by atoms with Crippen molar-refractivity contribution in [2.24, 2.45) is 5.41 Å². The Bertz CT molecular complexity index is 525. The SMILES string of the molecule is CCOC(=O)C1(Cc2cccc(OC)c2)COCCC1=O. The van der Waals surface area contributed by atoms with Crippen molar-refractivity contribution < 1.29 is 23.8 Å². The van der Waals surface area contributed by atoms with Crippen molar-refractivity contribution in [3.05, 3.63) is 29.8 Å². The van der Waals surface area contributed by atoms with E-state index in [0.717, 1.165) is 5.56 Å². The molecule has 1 heterocycles. The highest BCUT2D eigenvalue weighted by Gasteiger charge is 2.49. The lowest BCUT2D eigenvalue weighted by atomic mass is 9.76. The average molecular weight is 292 g/mol. The molecule has 1 saturated heterocycles. The highest BCUT2D eigenvalue weighted by molar-refractivity contribution is 6.04. The number of ketones is 1. The van der Waals surface area contributed by atoms with Gasteiger partial charge >= 0.3 is 5.97 Å². The Kier molecular flexibility index (Phi) is 4.96. The van der Waals surface area contributed by atoms with Crippen LogP contribution in [0.2, 0.25) is 0 Å². The minimum absolute atomic E-state index is 0.0713. The van der Waals surface area contributed by atoms with E-state index in [4.69, 9.17) is 14.2 Å². The summed E-state index contributed by atoms with van der Waals surface area (Å²) in [6.07, 6.45) is 0.505. The van der Waals surface area contributed by atoms with Gasteiger partial charge in [0.25, 0.3) is 0 Å². The Morgan fingerprint density at radius 1 is 1.43 bits per heavy atom. The first-order valence-corrected chi connectivity index (χ1v) is 7.03. The van der Waals surface area contributed by atoms with Gasteiger partial charge in [-0.3, -0.25) is 9.59 Å². The highest BCUT2D eigenvalue weighted by Crippen LogP contribution is 2.32. The summed E-state index contributed by atoms with van der Waals surface area (Å²) in [4.78, 5) is 24.7. The van der Waals surface area contributed by atoms with E-state index in [2.05, 4.69) is 0 Å². The molecule has 1 aromatic carbocycles. The molecule has 1 aliphatic heterocycles. The fourth-order valence-corrected chi connectivity index (χ4v) is 2.53. The lowest BCUT2D eigenvalue weighted by Crippen LogP contribution is -2.49. The minimum Gasteiger partial charge on any atom is -0.497 e. The van der Waals surface area contributed by atoms with Crippen LogP contribution in [0.3, 0.4) is 0 Å². The standard InChI is InChI=1S/C16H20O5/c1-3-21-15(18)16(11-20-8-7-14(16)17)10-12-5-4-6-13(9-12)19-2/h4-6,9H,3,7-8,10-11H2,1-2H3. The Balaban J connectivity index is 2.31. The molecule has 1 aliphatic rings. The van der Waals surface area contributed by atoms with Gasteiger partial charge in [0, 0.05) is 6.42 Å². The molecule has 1 fully saturated rings. The van der Waals surface area contributed by atoms with Crippen molar-refractivity contribution in [1.29, 1.82) is 0 Å². The molecular formula is C16H20O5. The molecule has 1 atom stereocenters. The molecule has 0 radical (unpaired) electrons. The van der Waals surface area contributed by atoms with E-state index in [9.17, 15) is 9.59 Å². The van der Waals surface area contributed by atoms with Gasteiger partial charge in [-0.15, -0.1) is 0 Å². The van der Waals surface area contributed by atoms with Gasteiger partial charge in [-0.1, -0.05) is 12.1 Å². The summed E-state index contributed by atoms with van der Waals surface area (Å²) >= 11 is 0. The van der Waals surface area contributed by atoms with Crippen LogP contribution in [-0.2, 0) is 25.5 Å². The van der Waals surface area contributed by atoms with Gasteiger partial charge in [-0.2, -0.15) is 0 Å². The molecule has 2 rings (SSSR count). The molecule has 0 saturated carbocycles. The number of hydrogen-bond donors (Lipinski definition) is 0. The molecule has 1 unspecified atom stereocenters. The molecule has 114 valence electrons. The molecule has 0 bridgehead atoms. The first-order valence-electron chi connectivity index (χ1n) is 7.03. The summed E-state index contributed by atoms with van der Waals surface area (Å²) in [5, 5.41) is 0. The van der Waals surface area contributed by atoms with Crippen molar-refractivity contribution in [3.8, 4) is 5.75 Å². The summed E-state index contributed by atoms with van der Waals surface area (Å²) in [6.45, 7) is 2.40. The van der Waals surface area contributed by atoms with E-state index < -0.39 is 11.4 Å².